The lowest BCUT2D eigenvalue weighted by Gasteiger charge is -2.16. The Morgan fingerprint density at radius 2 is 2.35 bits per heavy atom. The highest BCUT2D eigenvalue weighted by atomic mass is 32.1. The largest absolute Gasteiger partial charge is 0.390 e. The molecule has 1 amide bonds. The molecule has 0 saturated heterocycles. The Hall–Kier alpha value is -0.910. The van der Waals surface area contributed by atoms with E-state index in [2.05, 4.69) is 5.32 Å². The van der Waals surface area contributed by atoms with Crippen LogP contribution in [0.25, 0.3) is 0 Å². The third-order valence-electron chi connectivity index (χ3n) is 2.29. The molecule has 0 aliphatic carbocycles. The number of rotatable bonds is 7. The quantitative estimate of drug-likeness (QED) is 0.756. The van der Waals surface area contributed by atoms with Crippen molar-refractivity contribution in [2.24, 2.45) is 0 Å². The minimum Gasteiger partial charge on any atom is -0.390 e. The molecule has 0 aliphatic heterocycles. The normalized spacial score (nSPS) is 12.7. The van der Waals surface area contributed by atoms with Crippen molar-refractivity contribution < 1.29 is 9.90 Å². The van der Waals surface area contributed by atoms with Crippen molar-refractivity contribution >= 4 is 17.2 Å². The lowest BCUT2D eigenvalue weighted by molar-refractivity contribution is -0.121. The number of likely N-dealkylation sites (N-methyl/N-ethyl adjacent to an activating group) is 1. The van der Waals surface area contributed by atoms with E-state index in [1.54, 1.807) is 11.3 Å². The molecule has 1 aromatic heterocycles. The van der Waals surface area contributed by atoms with Gasteiger partial charge in [0.1, 0.15) is 0 Å². The second-order valence-electron chi connectivity index (χ2n) is 4.30. The molecule has 96 valence electrons. The number of nitrogens with one attached hydrogen (secondary N) is 1. The van der Waals surface area contributed by atoms with Gasteiger partial charge in [0.25, 0.3) is 0 Å². The first-order valence-corrected chi connectivity index (χ1v) is 6.57. The van der Waals surface area contributed by atoms with Crippen LogP contribution >= 0.6 is 11.3 Å². The van der Waals surface area contributed by atoms with Gasteiger partial charge in [-0.1, -0.05) is 6.07 Å². The van der Waals surface area contributed by atoms with Crippen LogP contribution in [-0.4, -0.2) is 49.2 Å². The van der Waals surface area contributed by atoms with Gasteiger partial charge in [0.15, 0.2) is 0 Å². The van der Waals surface area contributed by atoms with Crippen molar-refractivity contribution in [3.63, 3.8) is 0 Å². The smallest absolute Gasteiger partial charge is 0.220 e. The van der Waals surface area contributed by atoms with Gasteiger partial charge in [-0.3, -0.25) is 4.79 Å². The summed E-state index contributed by atoms with van der Waals surface area (Å²) < 4.78 is 0. The molecule has 2 N–H and O–H groups in total. The molecule has 1 rings (SSSR count). The van der Waals surface area contributed by atoms with Gasteiger partial charge in [-0.25, -0.2) is 0 Å². The summed E-state index contributed by atoms with van der Waals surface area (Å²) in [7, 11) is 3.78. The standard InChI is InChI=1S/C12H20N2O2S/c1-14(2)9-10(15)8-13-12(16)6-5-11-4-3-7-17-11/h3-4,7,10,15H,5-6,8-9H2,1-2H3,(H,13,16). The topological polar surface area (TPSA) is 52.6 Å². The van der Waals surface area contributed by atoms with E-state index in [1.807, 2.05) is 36.5 Å². The minimum absolute atomic E-state index is 0.00351. The highest BCUT2D eigenvalue weighted by molar-refractivity contribution is 7.09. The first kappa shape index (κ1) is 14.2. The van der Waals surface area contributed by atoms with Crippen LogP contribution in [0.2, 0.25) is 0 Å². The molecular formula is C12H20N2O2S. The lowest BCUT2D eigenvalue weighted by Crippen LogP contribution is -2.37. The third kappa shape index (κ3) is 6.41. The van der Waals surface area contributed by atoms with Gasteiger partial charge in [-0.15, -0.1) is 11.3 Å². The first-order valence-electron chi connectivity index (χ1n) is 5.70. The van der Waals surface area contributed by atoms with E-state index in [0.29, 0.717) is 19.5 Å². The summed E-state index contributed by atoms with van der Waals surface area (Å²) >= 11 is 1.66. The summed E-state index contributed by atoms with van der Waals surface area (Å²) in [6.45, 7) is 0.882. The highest BCUT2D eigenvalue weighted by Gasteiger charge is 2.08. The zero-order chi connectivity index (χ0) is 12.7. The molecule has 0 radical (unpaired) electrons. The fourth-order valence-corrected chi connectivity index (χ4v) is 2.21. The van der Waals surface area contributed by atoms with Gasteiger partial charge < -0.3 is 15.3 Å². The van der Waals surface area contributed by atoms with Crippen LogP contribution in [0.3, 0.4) is 0 Å². The van der Waals surface area contributed by atoms with Crippen LogP contribution in [0.15, 0.2) is 17.5 Å². The maximum atomic E-state index is 11.5. The van der Waals surface area contributed by atoms with Crippen molar-refractivity contribution in [2.45, 2.75) is 18.9 Å². The minimum atomic E-state index is -0.504. The number of aliphatic hydroxyl groups excluding tert-OH is 1. The average Bonchev–Trinajstić information content (AvgIpc) is 2.75. The maximum Gasteiger partial charge on any atom is 0.220 e. The Bertz CT molecular complexity index is 325. The summed E-state index contributed by atoms with van der Waals surface area (Å²) in [6.07, 6.45) is 0.748. The van der Waals surface area contributed by atoms with Crippen LogP contribution in [0.5, 0.6) is 0 Å². The third-order valence-corrected chi connectivity index (χ3v) is 3.23. The summed E-state index contributed by atoms with van der Waals surface area (Å²) in [5.74, 6) is -0.00351. The average molecular weight is 256 g/mol. The number of amides is 1. The molecule has 5 heteroatoms. The number of carbonyl (C=O) groups excluding carboxylic acids is 1. The van der Waals surface area contributed by atoms with E-state index in [4.69, 9.17) is 0 Å². The Balaban J connectivity index is 2.13. The molecule has 4 nitrogen and oxygen atoms in total. The monoisotopic (exact) mass is 256 g/mol. The number of carbonyl (C=O) groups is 1. The van der Waals surface area contributed by atoms with Gasteiger partial charge in [0.05, 0.1) is 6.10 Å². The van der Waals surface area contributed by atoms with E-state index in [9.17, 15) is 9.90 Å². The molecule has 1 aromatic rings. The van der Waals surface area contributed by atoms with Crippen LogP contribution in [-0.2, 0) is 11.2 Å². The van der Waals surface area contributed by atoms with Crippen molar-refractivity contribution in [1.82, 2.24) is 10.2 Å². The van der Waals surface area contributed by atoms with E-state index in [0.717, 1.165) is 6.42 Å². The molecule has 0 aromatic carbocycles. The van der Waals surface area contributed by atoms with Crippen LogP contribution in [0, 0.1) is 0 Å². The Morgan fingerprint density at radius 3 is 2.94 bits per heavy atom. The number of nitrogens with zero attached hydrogens (tertiary/aromatic N) is 1. The summed E-state index contributed by atoms with van der Waals surface area (Å²) in [4.78, 5) is 14.6. The molecule has 0 aliphatic rings. The van der Waals surface area contributed by atoms with Crippen molar-refractivity contribution in [3.8, 4) is 0 Å². The number of aryl methyl sites for hydroxylation is 1. The molecule has 1 atom stereocenters. The Kier molecular flexibility index (Phi) is 6.18. The van der Waals surface area contributed by atoms with Crippen LogP contribution in [0.4, 0.5) is 0 Å². The van der Waals surface area contributed by atoms with Crippen molar-refractivity contribution in [3.05, 3.63) is 22.4 Å². The number of thiophene rings is 1. The zero-order valence-electron chi connectivity index (χ0n) is 10.3. The molecule has 0 saturated carbocycles. The molecule has 0 bridgehead atoms. The maximum absolute atomic E-state index is 11.5. The number of hydrogen-bond acceptors (Lipinski definition) is 4. The molecule has 0 spiro atoms. The highest BCUT2D eigenvalue weighted by Crippen LogP contribution is 2.10. The predicted octanol–water partition coefficient (Wildman–Crippen LogP) is 0.719. The van der Waals surface area contributed by atoms with Gasteiger partial charge in [-0.05, 0) is 32.0 Å². The fourth-order valence-electron chi connectivity index (χ4n) is 1.50. The van der Waals surface area contributed by atoms with E-state index in [-0.39, 0.29) is 5.91 Å². The van der Waals surface area contributed by atoms with Crippen molar-refractivity contribution in [2.75, 3.05) is 27.2 Å². The van der Waals surface area contributed by atoms with Crippen LogP contribution < -0.4 is 5.32 Å². The Labute approximate surface area is 106 Å². The second-order valence-corrected chi connectivity index (χ2v) is 5.33. The van der Waals surface area contributed by atoms with Gasteiger partial charge in [-0.2, -0.15) is 0 Å². The molecule has 17 heavy (non-hydrogen) atoms. The molecule has 1 heterocycles. The van der Waals surface area contributed by atoms with Gasteiger partial charge in [0.2, 0.25) is 5.91 Å². The second kappa shape index (κ2) is 7.42. The zero-order valence-corrected chi connectivity index (χ0v) is 11.2. The van der Waals surface area contributed by atoms with E-state index >= 15 is 0 Å². The van der Waals surface area contributed by atoms with Gasteiger partial charge in [0, 0.05) is 24.4 Å². The van der Waals surface area contributed by atoms with Crippen molar-refractivity contribution in [1.29, 1.82) is 0 Å². The Morgan fingerprint density at radius 1 is 1.59 bits per heavy atom. The lowest BCUT2D eigenvalue weighted by atomic mass is 10.2. The van der Waals surface area contributed by atoms with Crippen LogP contribution in [0.1, 0.15) is 11.3 Å². The van der Waals surface area contributed by atoms with Gasteiger partial charge >= 0.3 is 0 Å². The predicted molar refractivity (Wildman–Crippen MR) is 70.2 cm³/mol. The summed E-state index contributed by atoms with van der Waals surface area (Å²) in [6, 6.07) is 4.01. The van der Waals surface area contributed by atoms with E-state index < -0.39 is 6.10 Å². The molecular weight excluding hydrogens is 236 g/mol. The molecule has 0 fully saturated rings. The summed E-state index contributed by atoms with van der Waals surface area (Å²) in [5, 5.41) is 14.3. The van der Waals surface area contributed by atoms with E-state index in [1.165, 1.54) is 4.88 Å². The summed E-state index contributed by atoms with van der Waals surface area (Å²) in [5.41, 5.74) is 0. The first-order chi connectivity index (χ1) is 8.08. The SMILES string of the molecule is CN(C)CC(O)CNC(=O)CCc1cccs1. The number of aliphatic hydroxyl groups is 1. The molecule has 1 unspecified atom stereocenters. The fraction of sp³-hybridized carbons (Fsp3) is 0.583. The number of hydrogen-bond donors (Lipinski definition) is 2.